The van der Waals surface area contributed by atoms with Crippen molar-refractivity contribution in [3.05, 3.63) is 28.2 Å². The van der Waals surface area contributed by atoms with Gasteiger partial charge >= 0.3 is 0 Å². The molecule has 0 bridgehead atoms. The summed E-state index contributed by atoms with van der Waals surface area (Å²) in [7, 11) is 0. The van der Waals surface area contributed by atoms with Gasteiger partial charge < -0.3 is 11.1 Å². The van der Waals surface area contributed by atoms with Crippen LogP contribution in [0.5, 0.6) is 0 Å². The number of aromatic amines is 1. The largest absolute Gasteiger partial charge is 0.366 e. The quantitative estimate of drug-likeness (QED) is 0.757. The summed E-state index contributed by atoms with van der Waals surface area (Å²) in [4.78, 5) is 3.88. The van der Waals surface area contributed by atoms with Crippen LogP contribution < -0.4 is 11.1 Å². The van der Waals surface area contributed by atoms with Crippen LogP contribution in [-0.2, 0) is 0 Å². The van der Waals surface area contributed by atoms with Crippen molar-refractivity contribution in [3.8, 4) is 0 Å². The lowest BCUT2D eigenvalue weighted by molar-refractivity contribution is 1.10. The fraction of sp³-hybridized carbons (Fsp3) is 0. The topological polar surface area (TPSA) is 79.6 Å². The third kappa shape index (κ3) is 2.31. The standard InChI is InChI=1S/C8H7Cl2N5/c9-4-1-2-6(5(10)3-4)12-8-13-7(11)14-15-8/h1-3H,(H4,11,12,13,14,15). The molecular weight excluding hydrogens is 237 g/mol. The van der Waals surface area contributed by atoms with E-state index in [-0.39, 0.29) is 5.95 Å². The highest BCUT2D eigenvalue weighted by Crippen LogP contribution is 2.27. The molecule has 2 rings (SSSR count). The summed E-state index contributed by atoms with van der Waals surface area (Å²) in [6, 6.07) is 5.09. The van der Waals surface area contributed by atoms with E-state index >= 15 is 0 Å². The fourth-order valence-corrected chi connectivity index (χ4v) is 1.50. The van der Waals surface area contributed by atoms with Crippen LogP contribution >= 0.6 is 23.2 Å². The third-order valence-electron chi connectivity index (χ3n) is 1.69. The number of hydrogen-bond donors (Lipinski definition) is 3. The van der Waals surface area contributed by atoms with Crippen molar-refractivity contribution in [3.63, 3.8) is 0 Å². The van der Waals surface area contributed by atoms with E-state index in [2.05, 4.69) is 20.5 Å². The lowest BCUT2D eigenvalue weighted by Crippen LogP contribution is -1.93. The average Bonchev–Trinajstić information content (AvgIpc) is 2.56. The minimum absolute atomic E-state index is 0.169. The zero-order chi connectivity index (χ0) is 10.8. The lowest BCUT2D eigenvalue weighted by atomic mass is 10.3. The van der Waals surface area contributed by atoms with Crippen LogP contribution in [0.2, 0.25) is 10.0 Å². The van der Waals surface area contributed by atoms with Gasteiger partial charge in [0.2, 0.25) is 11.9 Å². The summed E-state index contributed by atoms with van der Waals surface area (Å²) in [6.45, 7) is 0. The Morgan fingerprint density at radius 3 is 2.73 bits per heavy atom. The predicted octanol–water partition coefficient (Wildman–Crippen LogP) is 2.44. The Morgan fingerprint density at radius 1 is 1.33 bits per heavy atom. The first kappa shape index (κ1) is 10.1. The van der Waals surface area contributed by atoms with Crippen molar-refractivity contribution in [1.82, 2.24) is 15.2 Å². The van der Waals surface area contributed by atoms with Crippen LogP contribution in [-0.4, -0.2) is 15.2 Å². The Labute approximate surface area is 95.6 Å². The number of nitrogens with one attached hydrogen (secondary N) is 2. The molecule has 1 aromatic heterocycles. The summed E-state index contributed by atoms with van der Waals surface area (Å²) < 4.78 is 0. The fourth-order valence-electron chi connectivity index (χ4n) is 1.05. The maximum Gasteiger partial charge on any atom is 0.241 e. The van der Waals surface area contributed by atoms with Crippen LogP contribution in [0.25, 0.3) is 0 Å². The highest BCUT2D eigenvalue weighted by atomic mass is 35.5. The Balaban J connectivity index is 2.24. The number of halogens is 2. The van der Waals surface area contributed by atoms with Crippen molar-refractivity contribution in [2.75, 3.05) is 11.1 Å². The molecule has 0 aliphatic carbocycles. The number of nitrogens with zero attached hydrogens (tertiary/aromatic N) is 2. The molecule has 0 aliphatic heterocycles. The lowest BCUT2D eigenvalue weighted by Gasteiger charge is -2.04. The maximum atomic E-state index is 5.95. The van der Waals surface area contributed by atoms with E-state index in [1.807, 2.05) is 0 Å². The number of hydrogen-bond acceptors (Lipinski definition) is 4. The van der Waals surface area contributed by atoms with Crippen LogP contribution in [0, 0.1) is 0 Å². The molecule has 7 heteroatoms. The third-order valence-corrected chi connectivity index (χ3v) is 2.23. The molecule has 0 spiro atoms. The second-order valence-electron chi connectivity index (χ2n) is 2.79. The van der Waals surface area contributed by atoms with Gasteiger partial charge in [0.15, 0.2) is 0 Å². The van der Waals surface area contributed by atoms with E-state index < -0.39 is 0 Å². The number of benzene rings is 1. The van der Waals surface area contributed by atoms with E-state index in [0.717, 1.165) is 0 Å². The van der Waals surface area contributed by atoms with Crippen LogP contribution in [0.1, 0.15) is 0 Å². The smallest absolute Gasteiger partial charge is 0.241 e. The molecular formula is C8H7Cl2N5. The van der Waals surface area contributed by atoms with Gasteiger partial charge in [0.05, 0.1) is 10.7 Å². The van der Waals surface area contributed by atoms with Gasteiger partial charge in [-0.2, -0.15) is 4.98 Å². The maximum absolute atomic E-state index is 5.95. The summed E-state index contributed by atoms with van der Waals surface area (Å²) in [5.41, 5.74) is 6.02. The molecule has 0 saturated carbocycles. The molecule has 2 aromatic rings. The normalized spacial score (nSPS) is 10.3. The van der Waals surface area contributed by atoms with Gasteiger partial charge in [-0.1, -0.05) is 23.2 Å². The Bertz CT molecular complexity index is 482. The van der Waals surface area contributed by atoms with Crippen LogP contribution in [0.15, 0.2) is 18.2 Å². The molecule has 0 atom stereocenters. The first-order valence-corrected chi connectivity index (χ1v) is 4.81. The molecule has 4 N–H and O–H groups in total. The van der Waals surface area contributed by atoms with Crippen molar-refractivity contribution in [2.45, 2.75) is 0 Å². The molecule has 0 aliphatic rings. The average molecular weight is 244 g/mol. The molecule has 5 nitrogen and oxygen atoms in total. The van der Waals surface area contributed by atoms with Crippen LogP contribution in [0.3, 0.4) is 0 Å². The minimum atomic E-state index is 0.169. The molecule has 0 unspecified atom stereocenters. The Morgan fingerprint density at radius 2 is 2.13 bits per heavy atom. The summed E-state index contributed by atoms with van der Waals surface area (Å²) in [6.07, 6.45) is 0. The van der Waals surface area contributed by atoms with Gasteiger partial charge in [0.1, 0.15) is 0 Å². The summed E-state index contributed by atoms with van der Waals surface area (Å²) >= 11 is 11.7. The molecule has 0 saturated heterocycles. The Hall–Kier alpha value is -1.46. The van der Waals surface area contributed by atoms with E-state index in [4.69, 9.17) is 28.9 Å². The molecule has 1 heterocycles. The number of nitrogens with two attached hydrogens (primary N) is 1. The first-order valence-electron chi connectivity index (χ1n) is 4.05. The zero-order valence-corrected chi connectivity index (χ0v) is 8.97. The van der Waals surface area contributed by atoms with Crippen molar-refractivity contribution in [2.24, 2.45) is 0 Å². The van der Waals surface area contributed by atoms with Crippen molar-refractivity contribution in [1.29, 1.82) is 0 Å². The Kier molecular flexibility index (Phi) is 2.66. The number of aromatic nitrogens is 3. The van der Waals surface area contributed by atoms with Crippen molar-refractivity contribution < 1.29 is 0 Å². The molecule has 78 valence electrons. The highest BCUT2D eigenvalue weighted by Gasteiger charge is 2.04. The first-order chi connectivity index (χ1) is 7.15. The van der Waals surface area contributed by atoms with E-state index in [0.29, 0.717) is 21.7 Å². The zero-order valence-electron chi connectivity index (χ0n) is 7.46. The van der Waals surface area contributed by atoms with E-state index in [9.17, 15) is 0 Å². The van der Waals surface area contributed by atoms with Crippen LogP contribution in [0.4, 0.5) is 17.6 Å². The van der Waals surface area contributed by atoms with Gasteiger partial charge in [-0.3, -0.25) is 0 Å². The monoisotopic (exact) mass is 243 g/mol. The van der Waals surface area contributed by atoms with Gasteiger partial charge in [-0.05, 0) is 18.2 Å². The second kappa shape index (κ2) is 3.96. The SMILES string of the molecule is Nc1n[nH]c(Nc2ccc(Cl)cc2Cl)n1. The molecule has 1 aromatic carbocycles. The highest BCUT2D eigenvalue weighted by molar-refractivity contribution is 6.36. The molecule has 15 heavy (non-hydrogen) atoms. The summed E-state index contributed by atoms with van der Waals surface area (Å²) in [5, 5.41) is 10.3. The number of rotatable bonds is 2. The van der Waals surface area contributed by atoms with Gasteiger partial charge in [-0.25, -0.2) is 5.10 Å². The number of H-pyrrole nitrogens is 1. The molecule has 0 amide bonds. The number of anilines is 3. The number of nitrogen functional groups attached to an aromatic ring is 1. The minimum Gasteiger partial charge on any atom is -0.366 e. The van der Waals surface area contributed by atoms with E-state index in [1.165, 1.54) is 0 Å². The second-order valence-corrected chi connectivity index (χ2v) is 3.64. The predicted molar refractivity (Wildman–Crippen MR) is 60.5 cm³/mol. The molecule has 0 radical (unpaired) electrons. The summed E-state index contributed by atoms with van der Waals surface area (Å²) in [5.74, 6) is 0.597. The van der Waals surface area contributed by atoms with Crippen molar-refractivity contribution >= 4 is 40.8 Å². The molecule has 0 fully saturated rings. The van der Waals surface area contributed by atoms with Gasteiger partial charge in [0, 0.05) is 5.02 Å². The van der Waals surface area contributed by atoms with Gasteiger partial charge in [0.25, 0.3) is 0 Å². The van der Waals surface area contributed by atoms with Gasteiger partial charge in [-0.15, -0.1) is 5.10 Å². The van der Waals surface area contributed by atoms with E-state index in [1.54, 1.807) is 18.2 Å².